The maximum atomic E-state index is 9.29. The molecule has 0 aliphatic heterocycles. The lowest BCUT2D eigenvalue weighted by molar-refractivity contribution is 0.414. The number of halogens is 1. The minimum atomic E-state index is -0.124. The molecular weight excluding hydrogens is 342 g/mol. The molecule has 1 N–H and O–H groups in total. The van der Waals surface area contributed by atoms with Crippen LogP contribution in [-0.4, -0.2) is 11.5 Å². The van der Waals surface area contributed by atoms with E-state index in [1.54, 1.807) is 7.11 Å². The minimum Gasteiger partial charge on any atom is -0.497 e. The molecule has 6 heteroatoms. The molecular formula is C18H14ClN3OS. The Morgan fingerprint density at radius 2 is 1.79 bits per heavy atom. The van der Waals surface area contributed by atoms with Crippen LogP contribution in [0, 0.1) is 11.3 Å². The van der Waals surface area contributed by atoms with Crippen LogP contribution in [0.5, 0.6) is 5.75 Å². The molecule has 1 heterocycles. The molecule has 3 rings (SSSR count). The van der Waals surface area contributed by atoms with Crippen molar-refractivity contribution in [3.63, 3.8) is 0 Å². The van der Waals surface area contributed by atoms with E-state index >= 15 is 0 Å². The van der Waals surface area contributed by atoms with E-state index in [1.165, 1.54) is 11.5 Å². The second kappa shape index (κ2) is 7.35. The summed E-state index contributed by atoms with van der Waals surface area (Å²) in [4.78, 5) is 0. The summed E-state index contributed by atoms with van der Waals surface area (Å²) in [6, 6.07) is 19.8. The molecule has 0 spiro atoms. The Morgan fingerprint density at radius 1 is 1.12 bits per heavy atom. The highest BCUT2D eigenvalue weighted by molar-refractivity contribution is 7.10. The smallest absolute Gasteiger partial charge is 0.162 e. The van der Waals surface area contributed by atoms with E-state index < -0.39 is 0 Å². The van der Waals surface area contributed by atoms with Crippen molar-refractivity contribution in [2.45, 2.75) is 6.04 Å². The Kier molecular flexibility index (Phi) is 4.99. The summed E-state index contributed by atoms with van der Waals surface area (Å²) in [5.41, 5.74) is 2.50. The van der Waals surface area contributed by atoms with Gasteiger partial charge in [-0.05, 0) is 34.8 Å². The second-order valence-corrected chi connectivity index (χ2v) is 6.18. The zero-order chi connectivity index (χ0) is 16.9. The van der Waals surface area contributed by atoms with E-state index in [9.17, 15) is 5.26 Å². The Labute approximate surface area is 149 Å². The molecule has 1 unspecified atom stereocenters. The van der Waals surface area contributed by atoms with Gasteiger partial charge < -0.3 is 10.1 Å². The number of aromatic nitrogens is 1. The largest absolute Gasteiger partial charge is 0.497 e. The van der Waals surface area contributed by atoms with E-state index in [2.05, 4.69) is 15.8 Å². The number of nitriles is 1. The van der Waals surface area contributed by atoms with Gasteiger partial charge in [0.15, 0.2) is 5.15 Å². The molecule has 0 amide bonds. The van der Waals surface area contributed by atoms with Gasteiger partial charge in [-0.25, -0.2) is 0 Å². The number of ether oxygens (including phenoxy) is 1. The van der Waals surface area contributed by atoms with Crippen molar-refractivity contribution in [3.05, 3.63) is 76.4 Å². The SMILES string of the molecule is COc1ccc(C(Nc2snc(Cl)c2C#N)c2ccccc2)cc1. The fourth-order valence-corrected chi connectivity index (χ4v) is 3.36. The van der Waals surface area contributed by atoms with E-state index in [0.717, 1.165) is 16.9 Å². The summed E-state index contributed by atoms with van der Waals surface area (Å²) in [5.74, 6) is 0.795. The van der Waals surface area contributed by atoms with Gasteiger partial charge in [0.2, 0.25) is 0 Å². The zero-order valence-electron chi connectivity index (χ0n) is 12.9. The summed E-state index contributed by atoms with van der Waals surface area (Å²) >= 11 is 7.17. The topological polar surface area (TPSA) is 57.9 Å². The van der Waals surface area contributed by atoms with Crippen molar-refractivity contribution in [1.82, 2.24) is 4.37 Å². The van der Waals surface area contributed by atoms with Crippen molar-refractivity contribution < 1.29 is 4.74 Å². The maximum absolute atomic E-state index is 9.29. The number of rotatable bonds is 5. The summed E-state index contributed by atoms with van der Waals surface area (Å²) in [5, 5.41) is 13.6. The number of anilines is 1. The zero-order valence-corrected chi connectivity index (χ0v) is 14.4. The first-order valence-electron chi connectivity index (χ1n) is 7.23. The van der Waals surface area contributed by atoms with Gasteiger partial charge in [0, 0.05) is 0 Å². The van der Waals surface area contributed by atoms with Crippen molar-refractivity contribution in [2.24, 2.45) is 0 Å². The third-order valence-electron chi connectivity index (χ3n) is 3.62. The highest BCUT2D eigenvalue weighted by Gasteiger charge is 2.19. The van der Waals surface area contributed by atoms with Gasteiger partial charge in [0.05, 0.1) is 13.2 Å². The minimum absolute atomic E-state index is 0.124. The number of hydrogen-bond acceptors (Lipinski definition) is 5. The molecule has 1 aromatic heterocycles. The fraction of sp³-hybridized carbons (Fsp3) is 0.111. The highest BCUT2D eigenvalue weighted by Crippen LogP contribution is 2.34. The normalized spacial score (nSPS) is 11.5. The number of nitrogens with zero attached hydrogens (tertiary/aromatic N) is 2. The summed E-state index contributed by atoms with van der Waals surface area (Å²) < 4.78 is 9.28. The first-order chi connectivity index (χ1) is 11.7. The van der Waals surface area contributed by atoms with Gasteiger partial charge in [-0.2, -0.15) is 9.64 Å². The standard InChI is InChI=1S/C18H14ClN3OS/c1-23-14-9-7-13(8-10-14)16(12-5-3-2-4-6-12)21-18-15(11-20)17(19)22-24-18/h2-10,16,21H,1H3. The van der Waals surface area contributed by atoms with Crippen molar-refractivity contribution >= 4 is 28.1 Å². The Hall–Kier alpha value is -2.55. The average Bonchev–Trinajstić information content (AvgIpc) is 3.00. The van der Waals surface area contributed by atoms with Crippen LogP contribution in [0.3, 0.4) is 0 Å². The van der Waals surface area contributed by atoms with E-state index in [1.807, 2.05) is 54.6 Å². The molecule has 0 radical (unpaired) electrons. The molecule has 0 saturated heterocycles. The van der Waals surface area contributed by atoms with Crippen molar-refractivity contribution in [3.8, 4) is 11.8 Å². The van der Waals surface area contributed by atoms with Crippen LogP contribution in [0.4, 0.5) is 5.00 Å². The fourth-order valence-electron chi connectivity index (χ4n) is 2.40. The lowest BCUT2D eigenvalue weighted by atomic mass is 9.98. The molecule has 2 aromatic carbocycles. The lowest BCUT2D eigenvalue weighted by Gasteiger charge is -2.20. The van der Waals surface area contributed by atoms with Crippen LogP contribution in [0.15, 0.2) is 54.6 Å². The van der Waals surface area contributed by atoms with Gasteiger partial charge in [-0.3, -0.25) is 0 Å². The van der Waals surface area contributed by atoms with Crippen LogP contribution >= 0.6 is 23.1 Å². The van der Waals surface area contributed by atoms with Gasteiger partial charge >= 0.3 is 0 Å². The number of methoxy groups -OCH3 is 1. The third kappa shape index (κ3) is 3.35. The Balaban J connectivity index is 2.00. The van der Waals surface area contributed by atoms with Crippen LogP contribution in [0.2, 0.25) is 5.15 Å². The molecule has 0 aliphatic rings. The first kappa shape index (κ1) is 16.3. The predicted molar refractivity (Wildman–Crippen MR) is 96.7 cm³/mol. The summed E-state index contributed by atoms with van der Waals surface area (Å²) in [7, 11) is 1.64. The average molecular weight is 356 g/mol. The molecule has 24 heavy (non-hydrogen) atoms. The van der Waals surface area contributed by atoms with E-state index in [-0.39, 0.29) is 11.2 Å². The van der Waals surface area contributed by atoms with Crippen LogP contribution < -0.4 is 10.1 Å². The molecule has 0 aliphatic carbocycles. The molecule has 4 nitrogen and oxygen atoms in total. The molecule has 1 atom stereocenters. The second-order valence-electron chi connectivity index (χ2n) is 5.05. The number of hydrogen-bond donors (Lipinski definition) is 1. The van der Waals surface area contributed by atoms with Crippen LogP contribution in [0.25, 0.3) is 0 Å². The van der Waals surface area contributed by atoms with Gasteiger partial charge in [-0.1, -0.05) is 54.1 Å². The maximum Gasteiger partial charge on any atom is 0.162 e. The van der Waals surface area contributed by atoms with E-state index in [0.29, 0.717) is 10.6 Å². The lowest BCUT2D eigenvalue weighted by Crippen LogP contribution is -2.12. The van der Waals surface area contributed by atoms with Crippen LogP contribution in [-0.2, 0) is 0 Å². The summed E-state index contributed by atoms with van der Waals surface area (Å²) in [6.07, 6.45) is 0. The first-order valence-corrected chi connectivity index (χ1v) is 8.38. The number of benzene rings is 2. The molecule has 0 saturated carbocycles. The van der Waals surface area contributed by atoms with E-state index in [4.69, 9.17) is 16.3 Å². The molecule has 0 bridgehead atoms. The van der Waals surface area contributed by atoms with Crippen LogP contribution in [0.1, 0.15) is 22.7 Å². The molecule has 0 fully saturated rings. The third-order valence-corrected chi connectivity index (χ3v) is 4.77. The van der Waals surface area contributed by atoms with Crippen molar-refractivity contribution in [2.75, 3.05) is 12.4 Å². The summed E-state index contributed by atoms with van der Waals surface area (Å²) in [6.45, 7) is 0. The van der Waals surface area contributed by atoms with Gasteiger partial charge in [-0.15, -0.1) is 0 Å². The molecule has 3 aromatic rings. The Bertz CT molecular complexity index is 856. The van der Waals surface area contributed by atoms with Gasteiger partial charge in [0.1, 0.15) is 22.4 Å². The van der Waals surface area contributed by atoms with Crippen molar-refractivity contribution in [1.29, 1.82) is 5.26 Å². The number of nitrogens with one attached hydrogen (secondary N) is 1. The highest BCUT2D eigenvalue weighted by atomic mass is 35.5. The van der Waals surface area contributed by atoms with Gasteiger partial charge in [0.25, 0.3) is 0 Å². The quantitative estimate of drug-likeness (QED) is 0.708. The Morgan fingerprint density at radius 3 is 2.42 bits per heavy atom. The monoisotopic (exact) mass is 355 g/mol. The molecule has 120 valence electrons. The predicted octanol–water partition coefficient (Wildman–Crippen LogP) is 4.88.